The smallest absolute Gasteiger partial charge is 0.0959 e. The molecule has 0 aliphatic heterocycles. The first kappa shape index (κ1) is 12.7. The SMILES string of the molecule is OC(CC1CCCCC1)Cn1cnc2ccccc21. The first-order chi connectivity index (χ1) is 9.33. The average molecular weight is 258 g/mol. The van der Waals surface area contributed by atoms with Gasteiger partial charge in [-0.1, -0.05) is 44.2 Å². The van der Waals surface area contributed by atoms with Gasteiger partial charge in [-0.3, -0.25) is 0 Å². The summed E-state index contributed by atoms with van der Waals surface area (Å²) in [6, 6.07) is 8.10. The van der Waals surface area contributed by atoms with Crippen molar-refractivity contribution in [1.82, 2.24) is 9.55 Å². The van der Waals surface area contributed by atoms with Gasteiger partial charge >= 0.3 is 0 Å². The highest BCUT2D eigenvalue weighted by molar-refractivity contribution is 5.74. The summed E-state index contributed by atoms with van der Waals surface area (Å²) in [7, 11) is 0. The third-order valence-electron chi connectivity index (χ3n) is 4.26. The van der Waals surface area contributed by atoms with E-state index in [0.717, 1.165) is 23.4 Å². The van der Waals surface area contributed by atoms with Crippen molar-refractivity contribution in [2.24, 2.45) is 5.92 Å². The molecule has 1 aliphatic carbocycles. The Morgan fingerprint density at radius 2 is 2.00 bits per heavy atom. The fourth-order valence-corrected chi connectivity index (χ4v) is 3.26. The molecule has 3 heteroatoms. The van der Waals surface area contributed by atoms with Crippen LogP contribution in [-0.2, 0) is 6.54 Å². The molecule has 0 radical (unpaired) electrons. The second-order valence-corrected chi connectivity index (χ2v) is 5.78. The van der Waals surface area contributed by atoms with Crippen LogP contribution in [0.3, 0.4) is 0 Å². The lowest BCUT2D eigenvalue weighted by molar-refractivity contribution is 0.114. The summed E-state index contributed by atoms with van der Waals surface area (Å²) in [5, 5.41) is 10.3. The predicted octanol–water partition coefficient (Wildman–Crippen LogP) is 3.37. The molecule has 1 heterocycles. The average Bonchev–Trinajstić information content (AvgIpc) is 2.83. The number of aromatic nitrogens is 2. The van der Waals surface area contributed by atoms with Crippen LogP contribution in [0.25, 0.3) is 11.0 Å². The van der Waals surface area contributed by atoms with Crippen LogP contribution in [0.15, 0.2) is 30.6 Å². The Hall–Kier alpha value is -1.35. The molecule has 1 aromatic heterocycles. The van der Waals surface area contributed by atoms with Gasteiger partial charge < -0.3 is 9.67 Å². The highest BCUT2D eigenvalue weighted by Gasteiger charge is 2.18. The highest BCUT2D eigenvalue weighted by atomic mass is 16.3. The maximum Gasteiger partial charge on any atom is 0.0959 e. The van der Waals surface area contributed by atoms with Gasteiger partial charge in [0.2, 0.25) is 0 Å². The molecule has 1 atom stereocenters. The highest BCUT2D eigenvalue weighted by Crippen LogP contribution is 2.27. The number of para-hydroxylation sites is 2. The summed E-state index contributed by atoms with van der Waals surface area (Å²) in [5.74, 6) is 0.721. The lowest BCUT2D eigenvalue weighted by atomic mass is 9.85. The zero-order valence-electron chi connectivity index (χ0n) is 11.3. The van der Waals surface area contributed by atoms with Crippen molar-refractivity contribution in [3.8, 4) is 0 Å². The Balaban J connectivity index is 1.63. The summed E-state index contributed by atoms with van der Waals surface area (Å²) in [6.45, 7) is 0.664. The molecule has 1 unspecified atom stereocenters. The van der Waals surface area contributed by atoms with Gasteiger partial charge in [0.1, 0.15) is 0 Å². The van der Waals surface area contributed by atoms with Gasteiger partial charge in [-0.15, -0.1) is 0 Å². The van der Waals surface area contributed by atoms with Gasteiger partial charge in [-0.05, 0) is 24.5 Å². The number of aliphatic hydroxyl groups is 1. The van der Waals surface area contributed by atoms with Crippen molar-refractivity contribution < 1.29 is 5.11 Å². The molecular formula is C16H22N2O. The minimum absolute atomic E-state index is 0.249. The number of nitrogens with zero attached hydrogens (tertiary/aromatic N) is 2. The van der Waals surface area contributed by atoms with Gasteiger partial charge in [0.05, 0.1) is 30.0 Å². The van der Waals surface area contributed by atoms with Crippen molar-refractivity contribution in [1.29, 1.82) is 0 Å². The molecule has 0 spiro atoms. The molecular weight excluding hydrogens is 236 g/mol. The third kappa shape index (κ3) is 2.98. The summed E-state index contributed by atoms with van der Waals surface area (Å²) in [4.78, 5) is 4.37. The molecule has 1 saturated carbocycles. The molecule has 102 valence electrons. The van der Waals surface area contributed by atoms with Crippen molar-refractivity contribution >= 4 is 11.0 Å². The van der Waals surface area contributed by atoms with Crippen LogP contribution in [0.1, 0.15) is 38.5 Å². The third-order valence-corrected chi connectivity index (χ3v) is 4.26. The lowest BCUT2D eigenvalue weighted by Crippen LogP contribution is -2.20. The van der Waals surface area contributed by atoms with Gasteiger partial charge in [-0.2, -0.15) is 0 Å². The summed E-state index contributed by atoms with van der Waals surface area (Å²) >= 11 is 0. The topological polar surface area (TPSA) is 38.0 Å². The Bertz CT molecular complexity index is 528. The Morgan fingerprint density at radius 3 is 2.84 bits per heavy atom. The number of hydrogen-bond acceptors (Lipinski definition) is 2. The fraction of sp³-hybridized carbons (Fsp3) is 0.562. The monoisotopic (exact) mass is 258 g/mol. The molecule has 2 aromatic rings. The molecule has 0 bridgehead atoms. The zero-order chi connectivity index (χ0) is 13.1. The quantitative estimate of drug-likeness (QED) is 0.913. The van der Waals surface area contributed by atoms with E-state index in [1.807, 2.05) is 24.5 Å². The molecule has 19 heavy (non-hydrogen) atoms. The molecule has 1 fully saturated rings. The number of fused-ring (bicyclic) bond motifs is 1. The van der Waals surface area contributed by atoms with Gasteiger partial charge in [-0.25, -0.2) is 4.98 Å². The summed E-state index contributed by atoms with van der Waals surface area (Å²) < 4.78 is 2.07. The van der Waals surface area contributed by atoms with E-state index in [0.29, 0.717) is 6.54 Å². The van der Waals surface area contributed by atoms with E-state index in [1.54, 1.807) is 0 Å². The molecule has 3 nitrogen and oxygen atoms in total. The lowest BCUT2D eigenvalue weighted by Gasteiger charge is -2.24. The van der Waals surface area contributed by atoms with E-state index >= 15 is 0 Å². The predicted molar refractivity (Wildman–Crippen MR) is 76.9 cm³/mol. The molecule has 1 N–H and O–H groups in total. The number of benzene rings is 1. The molecule has 1 aromatic carbocycles. The largest absolute Gasteiger partial charge is 0.391 e. The van der Waals surface area contributed by atoms with E-state index < -0.39 is 0 Å². The molecule has 0 saturated heterocycles. The van der Waals surface area contributed by atoms with Crippen molar-refractivity contribution in [3.63, 3.8) is 0 Å². The van der Waals surface area contributed by atoms with Crippen LogP contribution in [0.5, 0.6) is 0 Å². The first-order valence-electron chi connectivity index (χ1n) is 7.41. The van der Waals surface area contributed by atoms with Crippen LogP contribution >= 0.6 is 0 Å². The van der Waals surface area contributed by atoms with Crippen molar-refractivity contribution in [2.75, 3.05) is 0 Å². The minimum Gasteiger partial charge on any atom is -0.391 e. The fourth-order valence-electron chi connectivity index (χ4n) is 3.26. The van der Waals surface area contributed by atoms with E-state index in [-0.39, 0.29) is 6.10 Å². The van der Waals surface area contributed by atoms with Crippen LogP contribution in [0.2, 0.25) is 0 Å². The number of hydrogen-bond donors (Lipinski definition) is 1. The number of rotatable bonds is 4. The summed E-state index contributed by atoms with van der Waals surface area (Å²) in [6.07, 6.45) is 9.17. The van der Waals surface area contributed by atoms with E-state index in [2.05, 4.69) is 15.6 Å². The van der Waals surface area contributed by atoms with Crippen LogP contribution in [0.4, 0.5) is 0 Å². The second kappa shape index (κ2) is 5.74. The van der Waals surface area contributed by atoms with Crippen molar-refractivity contribution in [3.05, 3.63) is 30.6 Å². The minimum atomic E-state index is -0.249. The van der Waals surface area contributed by atoms with Crippen LogP contribution in [0, 0.1) is 5.92 Å². The Labute approximate surface area is 114 Å². The molecule has 0 amide bonds. The molecule has 3 rings (SSSR count). The van der Waals surface area contributed by atoms with E-state index in [4.69, 9.17) is 0 Å². The van der Waals surface area contributed by atoms with E-state index in [9.17, 15) is 5.11 Å². The van der Waals surface area contributed by atoms with Gasteiger partial charge in [0, 0.05) is 0 Å². The zero-order valence-corrected chi connectivity index (χ0v) is 11.3. The number of imidazole rings is 1. The van der Waals surface area contributed by atoms with Crippen LogP contribution in [-0.4, -0.2) is 20.8 Å². The normalized spacial score (nSPS) is 18.8. The van der Waals surface area contributed by atoms with Crippen molar-refractivity contribution in [2.45, 2.75) is 51.2 Å². The van der Waals surface area contributed by atoms with Crippen LogP contribution < -0.4 is 0 Å². The maximum absolute atomic E-state index is 10.3. The van der Waals surface area contributed by atoms with E-state index in [1.165, 1.54) is 32.1 Å². The molecule has 1 aliphatic rings. The van der Waals surface area contributed by atoms with Gasteiger partial charge in [0.15, 0.2) is 0 Å². The first-order valence-corrected chi connectivity index (χ1v) is 7.41. The Kier molecular flexibility index (Phi) is 3.83. The maximum atomic E-state index is 10.3. The Morgan fingerprint density at radius 1 is 1.21 bits per heavy atom. The van der Waals surface area contributed by atoms with Gasteiger partial charge in [0.25, 0.3) is 0 Å². The second-order valence-electron chi connectivity index (χ2n) is 5.78. The number of aliphatic hydroxyl groups excluding tert-OH is 1. The standard InChI is InChI=1S/C16H22N2O/c19-14(10-13-6-2-1-3-7-13)11-18-12-17-15-8-4-5-9-16(15)18/h4-5,8-9,12-14,19H,1-3,6-7,10-11H2. The summed E-state index contributed by atoms with van der Waals surface area (Å²) in [5.41, 5.74) is 2.12.